The van der Waals surface area contributed by atoms with Crippen molar-refractivity contribution < 1.29 is 28.5 Å². The molecule has 9 nitrogen and oxygen atoms in total. The number of nitrogens with zero attached hydrogens (tertiary/aromatic N) is 3. The minimum absolute atomic E-state index is 0.0710. The number of anilines is 1. The fourth-order valence-corrected chi connectivity index (χ4v) is 7.20. The number of halogens is 1. The van der Waals surface area contributed by atoms with Crippen molar-refractivity contribution in [3.63, 3.8) is 0 Å². The number of aromatic nitrogens is 2. The van der Waals surface area contributed by atoms with Gasteiger partial charge >= 0.3 is 5.97 Å². The minimum Gasteiger partial charge on any atom is -0.458 e. The number of ether oxygens (including phenoxy) is 3. The van der Waals surface area contributed by atoms with Crippen LogP contribution in [0.4, 0.5) is 10.1 Å². The van der Waals surface area contributed by atoms with E-state index in [9.17, 15) is 14.7 Å². The van der Waals surface area contributed by atoms with Gasteiger partial charge in [0.25, 0.3) is 5.56 Å². The van der Waals surface area contributed by atoms with Crippen molar-refractivity contribution in [1.82, 2.24) is 9.55 Å². The molecule has 4 aliphatic rings. The van der Waals surface area contributed by atoms with Crippen molar-refractivity contribution in [3.05, 3.63) is 80.4 Å². The van der Waals surface area contributed by atoms with Crippen LogP contribution in [0.2, 0.25) is 0 Å². The Balaban J connectivity index is 1.23. The minimum atomic E-state index is -1.90. The Morgan fingerprint density at radius 2 is 1.77 bits per heavy atom. The highest BCUT2D eigenvalue weighted by atomic mass is 19.1. The van der Waals surface area contributed by atoms with Crippen molar-refractivity contribution in [2.45, 2.75) is 64.2 Å². The topological polar surface area (TPSA) is 103 Å². The number of carbonyl (C=O) groups is 1. The van der Waals surface area contributed by atoms with Gasteiger partial charge in [0, 0.05) is 35.7 Å². The van der Waals surface area contributed by atoms with E-state index in [1.165, 1.54) is 6.42 Å². The number of pyridine rings is 2. The second-order valence-corrected chi connectivity index (χ2v) is 12.1. The number of aliphatic hydroxyl groups is 1. The van der Waals surface area contributed by atoms with Crippen molar-refractivity contribution in [2.24, 2.45) is 0 Å². The molecule has 226 valence electrons. The van der Waals surface area contributed by atoms with Crippen LogP contribution in [0.1, 0.15) is 60.4 Å². The van der Waals surface area contributed by atoms with Crippen LogP contribution in [-0.4, -0.2) is 40.5 Å². The highest BCUT2D eigenvalue weighted by Crippen LogP contribution is 2.43. The molecule has 1 atom stereocenters. The third-order valence-electron chi connectivity index (χ3n) is 9.67. The lowest BCUT2D eigenvalue weighted by Gasteiger charge is -2.31. The second-order valence-electron chi connectivity index (χ2n) is 12.1. The van der Waals surface area contributed by atoms with Crippen LogP contribution in [0.5, 0.6) is 11.5 Å². The lowest BCUT2D eigenvalue weighted by atomic mass is 9.86. The monoisotopic (exact) mass is 597 g/mol. The first kappa shape index (κ1) is 27.1. The van der Waals surface area contributed by atoms with Gasteiger partial charge in [-0.05, 0) is 73.9 Å². The van der Waals surface area contributed by atoms with Crippen molar-refractivity contribution in [2.75, 3.05) is 24.8 Å². The number of esters is 1. The molecule has 0 aliphatic carbocycles. The summed E-state index contributed by atoms with van der Waals surface area (Å²) in [5.41, 5.74) is 3.60. The summed E-state index contributed by atoms with van der Waals surface area (Å²) in [5, 5.41) is 12.1. The summed E-state index contributed by atoms with van der Waals surface area (Å²) in [5.74, 6) is 0.259. The zero-order chi connectivity index (χ0) is 30.2. The van der Waals surface area contributed by atoms with E-state index >= 15 is 4.39 Å². The van der Waals surface area contributed by atoms with Gasteiger partial charge in [-0.25, -0.2) is 14.2 Å². The largest absolute Gasteiger partial charge is 0.458 e. The van der Waals surface area contributed by atoms with E-state index in [0.29, 0.717) is 46.9 Å². The van der Waals surface area contributed by atoms with Gasteiger partial charge in [-0.2, -0.15) is 0 Å². The maximum absolute atomic E-state index is 15.3. The first-order chi connectivity index (χ1) is 21.4. The van der Waals surface area contributed by atoms with E-state index in [0.717, 1.165) is 48.0 Å². The average Bonchev–Trinajstić information content (AvgIpc) is 3.65. The molecule has 0 radical (unpaired) electrons. The molecule has 0 amide bonds. The number of piperidine rings is 1. The Labute approximate surface area is 252 Å². The zero-order valence-corrected chi connectivity index (χ0v) is 24.5. The third kappa shape index (κ3) is 4.03. The molecule has 1 N–H and O–H groups in total. The van der Waals surface area contributed by atoms with Gasteiger partial charge in [-0.1, -0.05) is 13.0 Å². The standard InChI is InChI=1S/C34H32FN3O6/c1-2-34(41)24-14-28-31-22(16-38(28)32(39)23(24)17-42-33(34)40)20(21-13-29-30(44-18-43-29)15-26(21)36-31)8-6-19-7-9-27(25(35)12-19)37-10-4-3-5-11-37/h7,9,12-15,41H,2-6,8,10-11,16-18H2,1H3. The number of cyclic esters (lactones) is 1. The maximum Gasteiger partial charge on any atom is 0.343 e. The van der Waals surface area contributed by atoms with Gasteiger partial charge in [-0.15, -0.1) is 0 Å². The van der Waals surface area contributed by atoms with E-state index in [2.05, 4.69) is 4.90 Å². The van der Waals surface area contributed by atoms with Crippen molar-refractivity contribution in [3.8, 4) is 22.9 Å². The van der Waals surface area contributed by atoms with Crippen LogP contribution in [0, 0.1) is 5.82 Å². The molecule has 0 spiro atoms. The van der Waals surface area contributed by atoms with Gasteiger partial charge < -0.3 is 28.8 Å². The number of rotatable bonds is 5. The van der Waals surface area contributed by atoms with Crippen molar-refractivity contribution in [1.29, 1.82) is 0 Å². The number of hydrogen-bond acceptors (Lipinski definition) is 8. The van der Waals surface area contributed by atoms with Gasteiger partial charge in [-0.3, -0.25) is 4.79 Å². The van der Waals surface area contributed by atoms with E-state index < -0.39 is 11.6 Å². The van der Waals surface area contributed by atoms with Gasteiger partial charge in [0.15, 0.2) is 17.1 Å². The molecule has 8 rings (SSSR count). The first-order valence-electron chi connectivity index (χ1n) is 15.3. The van der Waals surface area contributed by atoms with Crippen LogP contribution in [0.15, 0.2) is 41.2 Å². The number of hydrogen-bond donors (Lipinski definition) is 1. The summed E-state index contributed by atoms with van der Waals surface area (Å²) in [7, 11) is 0. The lowest BCUT2D eigenvalue weighted by Crippen LogP contribution is -2.44. The van der Waals surface area contributed by atoms with Gasteiger partial charge in [0.2, 0.25) is 6.79 Å². The van der Waals surface area contributed by atoms with E-state index in [4.69, 9.17) is 19.2 Å². The van der Waals surface area contributed by atoms with Crippen LogP contribution >= 0.6 is 0 Å². The van der Waals surface area contributed by atoms with E-state index in [-0.39, 0.29) is 48.9 Å². The summed E-state index contributed by atoms with van der Waals surface area (Å²) in [4.78, 5) is 33.5. The lowest BCUT2D eigenvalue weighted by molar-refractivity contribution is -0.172. The third-order valence-corrected chi connectivity index (χ3v) is 9.67. The highest BCUT2D eigenvalue weighted by molar-refractivity contribution is 5.91. The Hall–Kier alpha value is -4.44. The molecule has 4 aromatic rings. The fraction of sp³-hybridized carbons (Fsp3) is 0.382. The predicted molar refractivity (Wildman–Crippen MR) is 161 cm³/mol. The molecule has 0 bridgehead atoms. The van der Waals surface area contributed by atoms with Crippen LogP contribution in [0.25, 0.3) is 22.3 Å². The Bertz CT molecular complexity index is 1930. The molecule has 1 unspecified atom stereocenters. The SMILES string of the molecule is CCC1(O)C(=O)OCc2c1cc1n(c2=O)Cc2c-1nc1cc3c(cc1c2CCc1ccc(N2CCCCC2)c(F)c1)OCO3. The van der Waals surface area contributed by atoms with Gasteiger partial charge in [0.05, 0.1) is 34.7 Å². The summed E-state index contributed by atoms with van der Waals surface area (Å²) < 4.78 is 33.5. The summed E-state index contributed by atoms with van der Waals surface area (Å²) >= 11 is 0. The molecule has 1 fully saturated rings. The van der Waals surface area contributed by atoms with Crippen LogP contribution < -0.4 is 19.9 Å². The average molecular weight is 598 g/mol. The second kappa shape index (κ2) is 10.1. The van der Waals surface area contributed by atoms with Crippen LogP contribution in [0.3, 0.4) is 0 Å². The number of fused-ring (bicyclic) bond motifs is 6. The first-order valence-corrected chi connectivity index (χ1v) is 15.3. The van der Waals surface area contributed by atoms with Gasteiger partial charge in [0.1, 0.15) is 12.4 Å². The van der Waals surface area contributed by atoms with Crippen molar-refractivity contribution >= 4 is 22.6 Å². The molecule has 1 saturated heterocycles. The predicted octanol–water partition coefficient (Wildman–Crippen LogP) is 4.72. The Kier molecular flexibility index (Phi) is 6.20. The maximum atomic E-state index is 15.3. The fourth-order valence-electron chi connectivity index (χ4n) is 7.20. The molecule has 0 saturated carbocycles. The quantitative estimate of drug-likeness (QED) is 0.291. The molecule has 10 heteroatoms. The molecular formula is C34H32FN3O6. The zero-order valence-electron chi connectivity index (χ0n) is 24.5. The molecule has 6 heterocycles. The summed E-state index contributed by atoms with van der Waals surface area (Å²) in [6, 6.07) is 11.0. The molecule has 2 aromatic heterocycles. The molecule has 2 aromatic carbocycles. The number of carbonyl (C=O) groups excluding carboxylic acids is 1. The molecule has 4 aliphatic heterocycles. The smallest absolute Gasteiger partial charge is 0.343 e. The Morgan fingerprint density at radius 3 is 2.55 bits per heavy atom. The summed E-state index contributed by atoms with van der Waals surface area (Å²) in [6.07, 6.45) is 4.57. The number of aryl methyl sites for hydroxylation is 2. The van der Waals surface area contributed by atoms with E-state index in [1.807, 2.05) is 24.3 Å². The normalized spacial score (nSPS) is 20.0. The summed E-state index contributed by atoms with van der Waals surface area (Å²) in [6.45, 7) is 3.66. The Morgan fingerprint density at radius 1 is 0.977 bits per heavy atom. The number of benzene rings is 2. The van der Waals surface area contributed by atoms with Crippen LogP contribution in [-0.2, 0) is 41.1 Å². The highest BCUT2D eigenvalue weighted by Gasteiger charge is 2.45. The molecular weight excluding hydrogens is 565 g/mol. The van der Waals surface area contributed by atoms with E-state index in [1.54, 1.807) is 23.6 Å². The molecule has 44 heavy (non-hydrogen) atoms.